The maximum atomic E-state index is 12.5. The van der Waals surface area contributed by atoms with Crippen molar-refractivity contribution < 1.29 is 22.7 Å². The molecule has 2 rings (SSSR count). The first-order chi connectivity index (χ1) is 12.7. The molecule has 0 atom stereocenters. The highest BCUT2D eigenvalue weighted by molar-refractivity contribution is 7.92. The van der Waals surface area contributed by atoms with Crippen molar-refractivity contribution in [3.63, 3.8) is 0 Å². The summed E-state index contributed by atoms with van der Waals surface area (Å²) >= 11 is 0. The molecule has 0 aliphatic heterocycles. The van der Waals surface area contributed by atoms with Gasteiger partial charge < -0.3 is 14.8 Å². The molecule has 0 bridgehead atoms. The smallest absolute Gasteiger partial charge is 0.245 e. The number of anilines is 2. The van der Waals surface area contributed by atoms with Crippen LogP contribution in [0.1, 0.15) is 13.8 Å². The lowest BCUT2D eigenvalue weighted by Gasteiger charge is -2.22. The minimum atomic E-state index is -3.67. The van der Waals surface area contributed by atoms with Gasteiger partial charge in [0.05, 0.1) is 30.8 Å². The Morgan fingerprint density at radius 2 is 1.85 bits per heavy atom. The molecule has 0 saturated heterocycles. The number of benzene rings is 2. The first-order valence-corrected chi connectivity index (χ1v) is 10.2. The molecule has 146 valence electrons. The SMILES string of the molecule is COc1cccc(N(CC(=O)Nc2ccccc2OC(C)C)S(C)(=O)=O)c1. The Morgan fingerprint density at radius 1 is 1.15 bits per heavy atom. The van der Waals surface area contributed by atoms with Crippen molar-refractivity contribution >= 4 is 27.3 Å². The lowest BCUT2D eigenvalue weighted by molar-refractivity contribution is -0.114. The van der Waals surface area contributed by atoms with Crippen LogP contribution in [0.4, 0.5) is 11.4 Å². The molecule has 0 saturated carbocycles. The number of carbonyl (C=O) groups is 1. The number of para-hydroxylation sites is 2. The highest BCUT2D eigenvalue weighted by Crippen LogP contribution is 2.26. The van der Waals surface area contributed by atoms with Crippen molar-refractivity contribution in [3.05, 3.63) is 48.5 Å². The summed E-state index contributed by atoms with van der Waals surface area (Å²) in [5.41, 5.74) is 0.828. The average molecular weight is 392 g/mol. The molecule has 0 spiro atoms. The number of sulfonamides is 1. The zero-order chi connectivity index (χ0) is 20.0. The summed E-state index contributed by atoms with van der Waals surface area (Å²) in [7, 11) is -2.19. The quantitative estimate of drug-likeness (QED) is 0.747. The molecule has 0 unspecified atom stereocenters. The topological polar surface area (TPSA) is 84.9 Å². The molecule has 8 heteroatoms. The second kappa shape index (κ2) is 8.77. The van der Waals surface area contributed by atoms with Gasteiger partial charge in [-0.3, -0.25) is 9.10 Å². The standard InChI is InChI=1S/C19H24N2O5S/c1-14(2)26-18-11-6-5-10-17(18)20-19(22)13-21(27(4,23)24)15-8-7-9-16(12-15)25-3/h5-12,14H,13H2,1-4H3,(H,20,22). The van der Waals surface area contributed by atoms with Gasteiger partial charge in [0.2, 0.25) is 15.9 Å². The van der Waals surface area contributed by atoms with E-state index >= 15 is 0 Å². The van der Waals surface area contributed by atoms with Crippen molar-refractivity contribution in [2.75, 3.05) is 29.5 Å². The molecule has 2 aromatic carbocycles. The van der Waals surface area contributed by atoms with E-state index in [1.165, 1.54) is 7.11 Å². The summed E-state index contributed by atoms with van der Waals surface area (Å²) in [5.74, 6) is 0.536. The van der Waals surface area contributed by atoms with E-state index in [2.05, 4.69) is 5.32 Å². The summed E-state index contributed by atoms with van der Waals surface area (Å²) in [4.78, 5) is 12.5. The number of methoxy groups -OCH3 is 1. The normalized spacial score (nSPS) is 11.1. The molecule has 0 heterocycles. The highest BCUT2D eigenvalue weighted by atomic mass is 32.2. The third kappa shape index (κ3) is 5.89. The van der Waals surface area contributed by atoms with Crippen LogP contribution in [-0.2, 0) is 14.8 Å². The summed E-state index contributed by atoms with van der Waals surface area (Å²) < 4.78 is 36.3. The molecular formula is C19H24N2O5S. The molecule has 1 N–H and O–H groups in total. The lowest BCUT2D eigenvalue weighted by atomic mass is 10.2. The molecule has 0 aromatic heterocycles. The van der Waals surface area contributed by atoms with Gasteiger partial charge >= 0.3 is 0 Å². The van der Waals surface area contributed by atoms with E-state index in [0.717, 1.165) is 10.6 Å². The van der Waals surface area contributed by atoms with E-state index in [1.807, 2.05) is 13.8 Å². The van der Waals surface area contributed by atoms with E-state index < -0.39 is 15.9 Å². The maximum Gasteiger partial charge on any atom is 0.245 e. The Labute approximate surface area is 160 Å². The fourth-order valence-corrected chi connectivity index (χ4v) is 3.26. The molecule has 0 fully saturated rings. The van der Waals surface area contributed by atoms with Gasteiger partial charge in [0, 0.05) is 6.07 Å². The third-order valence-corrected chi connectivity index (χ3v) is 4.69. The number of amides is 1. The second-order valence-corrected chi connectivity index (χ2v) is 8.09. The monoisotopic (exact) mass is 392 g/mol. The van der Waals surface area contributed by atoms with Crippen LogP contribution >= 0.6 is 0 Å². The lowest BCUT2D eigenvalue weighted by Crippen LogP contribution is -2.37. The van der Waals surface area contributed by atoms with Gasteiger partial charge in [-0.2, -0.15) is 0 Å². The summed E-state index contributed by atoms with van der Waals surface area (Å²) in [6, 6.07) is 13.5. The average Bonchev–Trinajstić information content (AvgIpc) is 2.60. The van der Waals surface area contributed by atoms with Crippen molar-refractivity contribution in [1.29, 1.82) is 0 Å². The van der Waals surface area contributed by atoms with Crippen LogP contribution in [0.25, 0.3) is 0 Å². The number of rotatable bonds is 8. The van der Waals surface area contributed by atoms with Crippen LogP contribution in [0, 0.1) is 0 Å². The van der Waals surface area contributed by atoms with Crippen LogP contribution in [0.5, 0.6) is 11.5 Å². The van der Waals surface area contributed by atoms with E-state index in [1.54, 1.807) is 48.5 Å². The Hall–Kier alpha value is -2.74. The summed E-state index contributed by atoms with van der Waals surface area (Å²) in [6.07, 6.45) is 0.989. The molecular weight excluding hydrogens is 368 g/mol. The summed E-state index contributed by atoms with van der Waals surface area (Å²) in [6.45, 7) is 3.39. The molecule has 27 heavy (non-hydrogen) atoms. The third-order valence-electron chi connectivity index (χ3n) is 3.55. The molecule has 2 aromatic rings. The molecule has 0 aliphatic carbocycles. The number of nitrogens with zero attached hydrogens (tertiary/aromatic N) is 1. The van der Waals surface area contributed by atoms with Gasteiger partial charge in [-0.05, 0) is 38.1 Å². The van der Waals surface area contributed by atoms with E-state index in [0.29, 0.717) is 22.9 Å². The number of hydrogen-bond donors (Lipinski definition) is 1. The molecule has 7 nitrogen and oxygen atoms in total. The van der Waals surface area contributed by atoms with Gasteiger partial charge in [-0.25, -0.2) is 8.42 Å². The van der Waals surface area contributed by atoms with Crippen LogP contribution in [-0.4, -0.2) is 40.3 Å². The number of carbonyl (C=O) groups excluding carboxylic acids is 1. The first-order valence-electron chi connectivity index (χ1n) is 8.38. The highest BCUT2D eigenvalue weighted by Gasteiger charge is 2.22. The minimum Gasteiger partial charge on any atom is -0.497 e. The number of nitrogens with one attached hydrogen (secondary N) is 1. The van der Waals surface area contributed by atoms with Crippen molar-refractivity contribution in [2.45, 2.75) is 20.0 Å². The van der Waals surface area contributed by atoms with Crippen LogP contribution in [0.3, 0.4) is 0 Å². The van der Waals surface area contributed by atoms with Gasteiger partial charge in [-0.15, -0.1) is 0 Å². The molecule has 0 radical (unpaired) electrons. The summed E-state index contributed by atoms with van der Waals surface area (Å²) in [5, 5.41) is 2.72. The Balaban J connectivity index is 2.23. The predicted molar refractivity (Wildman–Crippen MR) is 106 cm³/mol. The molecule has 0 aliphatic rings. The number of hydrogen-bond acceptors (Lipinski definition) is 5. The first kappa shape index (κ1) is 20.6. The van der Waals surface area contributed by atoms with E-state index in [-0.39, 0.29) is 12.6 Å². The van der Waals surface area contributed by atoms with Gasteiger partial charge in [-0.1, -0.05) is 18.2 Å². The van der Waals surface area contributed by atoms with Crippen LogP contribution < -0.4 is 19.1 Å². The minimum absolute atomic E-state index is 0.0626. The van der Waals surface area contributed by atoms with Crippen molar-refractivity contribution in [3.8, 4) is 11.5 Å². The van der Waals surface area contributed by atoms with Gasteiger partial charge in [0.15, 0.2) is 0 Å². The van der Waals surface area contributed by atoms with Crippen molar-refractivity contribution in [1.82, 2.24) is 0 Å². The fourth-order valence-electron chi connectivity index (χ4n) is 2.41. The fraction of sp³-hybridized carbons (Fsp3) is 0.316. The largest absolute Gasteiger partial charge is 0.497 e. The Kier molecular flexibility index (Phi) is 6.68. The maximum absolute atomic E-state index is 12.5. The van der Waals surface area contributed by atoms with E-state index in [9.17, 15) is 13.2 Å². The number of ether oxygens (including phenoxy) is 2. The Bertz CT molecular complexity index is 896. The van der Waals surface area contributed by atoms with Gasteiger partial charge in [0.1, 0.15) is 18.0 Å². The second-order valence-electron chi connectivity index (χ2n) is 6.18. The van der Waals surface area contributed by atoms with Gasteiger partial charge in [0.25, 0.3) is 0 Å². The van der Waals surface area contributed by atoms with Crippen LogP contribution in [0.2, 0.25) is 0 Å². The Morgan fingerprint density at radius 3 is 2.48 bits per heavy atom. The predicted octanol–water partition coefficient (Wildman–Crippen LogP) is 2.89. The van der Waals surface area contributed by atoms with E-state index in [4.69, 9.17) is 9.47 Å². The zero-order valence-corrected chi connectivity index (χ0v) is 16.6. The van der Waals surface area contributed by atoms with Crippen molar-refractivity contribution in [2.24, 2.45) is 0 Å². The molecule has 1 amide bonds. The zero-order valence-electron chi connectivity index (χ0n) is 15.8. The van der Waals surface area contributed by atoms with Crippen LogP contribution in [0.15, 0.2) is 48.5 Å².